The summed E-state index contributed by atoms with van der Waals surface area (Å²) in [5.41, 5.74) is 1.79. The Bertz CT molecular complexity index is 647. The van der Waals surface area contributed by atoms with Crippen LogP contribution < -0.4 is 0 Å². The molecule has 0 saturated carbocycles. The van der Waals surface area contributed by atoms with Crippen LogP contribution in [-0.2, 0) is 0 Å². The van der Waals surface area contributed by atoms with Crippen molar-refractivity contribution in [1.29, 1.82) is 0 Å². The molecule has 86 valence electrons. The lowest BCUT2D eigenvalue weighted by atomic mass is 10.1. The van der Waals surface area contributed by atoms with Crippen molar-refractivity contribution in [2.75, 3.05) is 0 Å². The molecule has 17 heavy (non-hydrogen) atoms. The minimum Gasteiger partial charge on any atom is -0.461 e. The summed E-state index contributed by atoms with van der Waals surface area (Å²) in [5, 5.41) is 2.14. The average Bonchev–Trinajstić information content (AvgIpc) is 2.87. The molecule has 0 atom stereocenters. The molecule has 0 aliphatic rings. The van der Waals surface area contributed by atoms with Crippen LogP contribution in [0.25, 0.3) is 28.0 Å². The molecule has 0 aliphatic heterocycles. The Balaban J connectivity index is 2.28. The Morgan fingerprint density at radius 2 is 1.65 bits per heavy atom. The average molecular weight is 226 g/mol. The Kier molecular flexibility index (Phi) is 2.11. The molecule has 2 aromatic heterocycles. The maximum absolute atomic E-state index is 5.81. The highest BCUT2D eigenvalue weighted by molar-refractivity contribution is 5.94. The molecule has 0 unspecified atom stereocenters. The van der Waals surface area contributed by atoms with Crippen LogP contribution in [-0.4, -0.2) is 0 Å². The van der Waals surface area contributed by atoms with Gasteiger partial charge in [0.05, 0.1) is 0 Å². The third-order valence-corrected chi connectivity index (χ3v) is 2.96. The fourth-order valence-electron chi connectivity index (χ4n) is 2.00. The molecule has 0 saturated heterocycles. The molecule has 0 N–H and O–H groups in total. The molecule has 2 heteroatoms. The van der Waals surface area contributed by atoms with Crippen molar-refractivity contribution in [3.8, 4) is 0 Å². The molecule has 3 rings (SSSR count). The van der Waals surface area contributed by atoms with Gasteiger partial charge in [0.2, 0.25) is 0 Å². The predicted octanol–water partition coefficient (Wildman–Crippen LogP) is 4.95. The number of fused-ring (bicyclic) bond motifs is 2. The Morgan fingerprint density at radius 3 is 2.29 bits per heavy atom. The van der Waals surface area contributed by atoms with Crippen molar-refractivity contribution in [2.45, 2.75) is 19.8 Å². The Morgan fingerprint density at radius 1 is 1.00 bits per heavy atom. The van der Waals surface area contributed by atoms with E-state index in [1.165, 1.54) is 0 Å². The van der Waals surface area contributed by atoms with E-state index in [2.05, 4.69) is 26.5 Å². The van der Waals surface area contributed by atoms with Gasteiger partial charge in [0, 0.05) is 16.7 Å². The van der Waals surface area contributed by atoms with Crippen molar-refractivity contribution < 1.29 is 8.83 Å². The second kappa shape index (κ2) is 3.52. The van der Waals surface area contributed by atoms with E-state index in [4.69, 9.17) is 8.83 Å². The molecule has 3 aromatic rings. The lowest BCUT2D eigenvalue weighted by Gasteiger charge is -1.95. The maximum atomic E-state index is 5.81. The minimum atomic E-state index is 0.400. The quantitative estimate of drug-likeness (QED) is 0.618. The van der Waals surface area contributed by atoms with Gasteiger partial charge in [0.25, 0.3) is 0 Å². The van der Waals surface area contributed by atoms with Gasteiger partial charge >= 0.3 is 0 Å². The van der Waals surface area contributed by atoms with E-state index < -0.39 is 0 Å². The van der Waals surface area contributed by atoms with Crippen molar-refractivity contribution in [1.82, 2.24) is 0 Å². The van der Waals surface area contributed by atoms with Crippen LogP contribution in [0.15, 0.2) is 39.7 Å². The van der Waals surface area contributed by atoms with Gasteiger partial charge in [0.1, 0.15) is 22.7 Å². The summed E-state index contributed by atoms with van der Waals surface area (Å²) in [7, 11) is 0. The van der Waals surface area contributed by atoms with Crippen LogP contribution in [0, 0.1) is 0 Å². The minimum absolute atomic E-state index is 0.400. The predicted molar refractivity (Wildman–Crippen MR) is 70.2 cm³/mol. The molecule has 2 heterocycles. The first-order valence-electron chi connectivity index (χ1n) is 5.77. The van der Waals surface area contributed by atoms with Gasteiger partial charge in [-0.1, -0.05) is 20.4 Å². The van der Waals surface area contributed by atoms with E-state index in [0.717, 1.165) is 33.5 Å². The summed E-state index contributed by atoms with van der Waals surface area (Å²) in [6.45, 7) is 7.95. The smallest absolute Gasteiger partial charge is 0.135 e. The molecule has 0 spiro atoms. The first kappa shape index (κ1) is 10.2. The highest BCUT2D eigenvalue weighted by atomic mass is 16.3. The van der Waals surface area contributed by atoms with Crippen LogP contribution in [0.5, 0.6) is 0 Å². The van der Waals surface area contributed by atoms with Gasteiger partial charge in [-0.15, -0.1) is 0 Å². The fraction of sp³-hybridized carbons (Fsp3) is 0.200. The third kappa shape index (κ3) is 1.57. The largest absolute Gasteiger partial charge is 0.461 e. The van der Waals surface area contributed by atoms with Crippen molar-refractivity contribution >= 4 is 28.0 Å². The van der Waals surface area contributed by atoms with E-state index in [1.807, 2.05) is 18.2 Å². The normalized spacial score (nSPS) is 11.7. The monoisotopic (exact) mass is 226 g/mol. The summed E-state index contributed by atoms with van der Waals surface area (Å²) < 4.78 is 11.4. The molecule has 0 amide bonds. The highest BCUT2D eigenvalue weighted by Crippen LogP contribution is 2.30. The van der Waals surface area contributed by atoms with Crippen LogP contribution in [0.2, 0.25) is 0 Å². The van der Waals surface area contributed by atoms with E-state index >= 15 is 0 Å². The van der Waals surface area contributed by atoms with Crippen molar-refractivity contribution in [3.63, 3.8) is 0 Å². The summed E-state index contributed by atoms with van der Waals surface area (Å²) in [6.07, 6.45) is 1.71. The SMILES string of the molecule is C=Cc1cc2cc3oc(C(C)C)cc3cc2o1. The van der Waals surface area contributed by atoms with Crippen LogP contribution in [0.3, 0.4) is 0 Å². The maximum Gasteiger partial charge on any atom is 0.135 e. The molecule has 1 aromatic carbocycles. The zero-order chi connectivity index (χ0) is 12.0. The lowest BCUT2D eigenvalue weighted by molar-refractivity contribution is 0.522. The number of hydrogen-bond donors (Lipinski definition) is 0. The van der Waals surface area contributed by atoms with E-state index in [0.29, 0.717) is 5.92 Å². The van der Waals surface area contributed by atoms with Crippen LogP contribution >= 0.6 is 0 Å². The van der Waals surface area contributed by atoms with E-state index in [1.54, 1.807) is 6.08 Å². The van der Waals surface area contributed by atoms with Crippen molar-refractivity contribution in [2.24, 2.45) is 0 Å². The molecular weight excluding hydrogens is 212 g/mol. The molecule has 0 bridgehead atoms. The second-order valence-electron chi connectivity index (χ2n) is 4.58. The number of rotatable bonds is 2. The van der Waals surface area contributed by atoms with Crippen LogP contribution in [0.4, 0.5) is 0 Å². The van der Waals surface area contributed by atoms with Gasteiger partial charge in [-0.05, 0) is 30.3 Å². The second-order valence-corrected chi connectivity index (χ2v) is 4.58. The fourth-order valence-corrected chi connectivity index (χ4v) is 2.00. The molecule has 2 nitrogen and oxygen atoms in total. The molecular formula is C15H14O2. The van der Waals surface area contributed by atoms with Crippen molar-refractivity contribution in [3.05, 3.63) is 42.4 Å². The van der Waals surface area contributed by atoms with Gasteiger partial charge in [0.15, 0.2) is 0 Å². The van der Waals surface area contributed by atoms with Gasteiger partial charge in [-0.25, -0.2) is 0 Å². The third-order valence-electron chi connectivity index (χ3n) is 2.96. The zero-order valence-electron chi connectivity index (χ0n) is 9.99. The van der Waals surface area contributed by atoms with E-state index in [-0.39, 0.29) is 0 Å². The Hall–Kier alpha value is -1.96. The van der Waals surface area contributed by atoms with Gasteiger partial charge < -0.3 is 8.83 Å². The number of furan rings is 2. The molecule has 0 aliphatic carbocycles. The number of hydrogen-bond acceptors (Lipinski definition) is 2. The number of benzene rings is 1. The summed E-state index contributed by atoms with van der Waals surface area (Å²) in [5.74, 6) is 2.20. The molecule has 0 fully saturated rings. The molecule has 0 radical (unpaired) electrons. The topological polar surface area (TPSA) is 26.3 Å². The van der Waals surface area contributed by atoms with Gasteiger partial charge in [-0.2, -0.15) is 0 Å². The highest BCUT2D eigenvalue weighted by Gasteiger charge is 2.10. The summed E-state index contributed by atoms with van der Waals surface area (Å²) in [4.78, 5) is 0. The standard InChI is InChI=1S/C15H14O2/c1-4-12-5-10-7-15-11(8-14(10)16-12)6-13(17-15)9(2)3/h4-9H,1H2,2-3H3. The first-order chi connectivity index (χ1) is 8.17. The first-order valence-corrected chi connectivity index (χ1v) is 5.77. The van der Waals surface area contributed by atoms with Gasteiger partial charge in [-0.3, -0.25) is 0 Å². The Labute approximate surface area is 99.5 Å². The zero-order valence-corrected chi connectivity index (χ0v) is 9.99. The summed E-state index contributed by atoms with van der Waals surface area (Å²) in [6, 6.07) is 8.09. The lowest BCUT2D eigenvalue weighted by Crippen LogP contribution is -1.79. The summed E-state index contributed by atoms with van der Waals surface area (Å²) >= 11 is 0. The van der Waals surface area contributed by atoms with E-state index in [9.17, 15) is 0 Å². The van der Waals surface area contributed by atoms with Crippen LogP contribution in [0.1, 0.15) is 31.3 Å².